The van der Waals surface area contributed by atoms with Crippen LogP contribution in [0.2, 0.25) is 0 Å². The van der Waals surface area contributed by atoms with Gasteiger partial charge in [-0.2, -0.15) is 0 Å². The van der Waals surface area contributed by atoms with Crippen LogP contribution in [0.4, 0.5) is 8.78 Å². The summed E-state index contributed by atoms with van der Waals surface area (Å²) in [4.78, 5) is 13.4. The zero-order valence-electron chi connectivity index (χ0n) is 11.4. The molecule has 5 heteroatoms. The number of rotatable bonds is 4. The molecule has 2 rings (SSSR count). The minimum Gasteiger partial charge on any atom is -0.341 e. The van der Waals surface area contributed by atoms with Crippen LogP contribution in [0.25, 0.3) is 0 Å². The maximum Gasteiger partial charge on any atom is 0.236 e. The van der Waals surface area contributed by atoms with E-state index in [1.165, 1.54) is 6.07 Å². The molecule has 0 unspecified atom stereocenters. The van der Waals surface area contributed by atoms with Crippen molar-refractivity contribution in [3.05, 3.63) is 35.4 Å². The van der Waals surface area contributed by atoms with Gasteiger partial charge in [-0.3, -0.25) is 4.79 Å². The summed E-state index contributed by atoms with van der Waals surface area (Å²) in [6.45, 7) is 1.55. The van der Waals surface area contributed by atoms with Gasteiger partial charge < -0.3 is 10.6 Å². The lowest BCUT2D eigenvalue weighted by atomic mass is 9.91. The number of hydrogen-bond acceptors (Lipinski definition) is 2. The number of benzene rings is 1. The molecule has 0 saturated carbocycles. The zero-order valence-corrected chi connectivity index (χ0v) is 11.4. The Kier molecular flexibility index (Phi) is 5.06. The van der Waals surface area contributed by atoms with Crippen LogP contribution in [0.3, 0.4) is 0 Å². The molecule has 0 spiro atoms. The average Bonchev–Trinajstić information content (AvgIpc) is 2.48. The van der Waals surface area contributed by atoms with Crippen molar-refractivity contribution < 1.29 is 13.6 Å². The van der Waals surface area contributed by atoms with Crippen molar-refractivity contribution in [3.63, 3.8) is 0 Å². The maximum atomic E-state index is 13.1. The third-order valence-electron chi connectivity index (χ3n) is 3.87. The molecular formula is C15H20F2N2O. The lowest BCUT2D eigenvalue weighted by molar-refractivity contribution is -0.131. The van der Waals surface area contributed by atoms with Crippen molar-refractivity contribution in [2.24, 2.45) is 11.7 Å². The molecule has 110 valence electrons. The van der Waals surface area contributed by atoms with Crippen LogP contribution in [-0.2, 0) is 11.2 Å². The standard InChI is InChI=1S/C15H20F2N2O/c16-13-6-5-11(8-14(13)17)3-4-12-2-1-7-19(10-12)15(20)9-18/h5-6,8,12H,1-4,7,9-10,18H2/t12-/m1/s1. The van der Waals surface area contributed by atoms with Gasteiger partial charge in [-0.15, -0.1) is 0 Å². The summed E-state index contributed by atoms with van der Waals surface area (Å²) in [5, 5.41) is 0. The lowest BCUT2D eigenvalue weighted by Gasteiger charge is -2.32. The molecule has 2 N–H and O–H groups in total. The molecule has 1 saturated heterocycles. The van der Waals surface area contributed by atoms with Gasteiger partial charge in [0, 0.05) is 13.1 Å². The van der Waals surface area contributed by atoms with Crippen LogP contribution < -0.4 is 5.73 Å². The summed E-state index contributed by atoms with van der Waals surface area (Å²) in [7, 11) is 0. The number of aryl methyl sites for hydroxylation is 1. The lowest BCUT2D eigenvalue weighted by Crippen LogP contribution is -2.42. The summed E-state index contributed by atoms with van der Waals surface area (Å²) < 4.78 is 26.0. The molecule has 3 nitrogen and oxygen atoms in total. The van der Waals surface area contributed by atoms with Crippen molar-refractivity contribution in [2.75, 3.05) is 19.6 Å². The highest BCUT2D eigenvalue weighted by Crippen LogP contribution is 2.22. The Bertz CT molecular complexity index is 479. The largest absolute Gasteiger partial charge is 0.341 e. The summed E-state index contributed by atoms with van der Waals surface area (Å²) in [5.41, 5.74) is 6.17. The second-order valence-electron chi connectivity index (χ2n) is 5.34. The normalized spacial score (nSPS) is 19.1. The van der Waals surface area contributed by atoms with Gasteiger partial charge in [0.2, 0.25) is 5.91 Å². The van der Waals surface area contributed by atoms with Crippen molar-refractivity contribution >= 4 is 5.91 Å². The summed E-state index contributed by atoms with van der Waals surface area (Å²) in [5.74, 6) is -1.22. The first-order valence-electron chi connectivity index (χ1n) is 7.02. The summed E-state index contributed by atoms with van der Waals surface area (Å²) >= 11 is 0. The third kappa shape index (κ3) is 3.76. The number of carbonyl (C=O) groups is 1. The Morgan fingerprint density at radius 2 is 2.15 bits per heavy atom. The van der Waals surface area contributed by atoms with E-state index in [-0.39, 0.29) is 12.5 Å². The van der Waals surface area contributed by atoms with Gasteiger partial charge >= 0.3 is 0 Å². The molecule has 1 aliphatic rings. The highest BCUT2D eigenvalue weighted by molar-refractivity contribution is 5.78. The number of hydrogen-bond donors (Lipinski definition) is 1. The Labute approximate surface area is 117 Å². The summed E-state index contributed by atoms with van der Waals surface area (Å²) in [6, 6.07) is 4.03. The van der Waals surface area contributed by atoms with E-state index in [9.17, 15) is 13.6 Å². The molecule has 1 amide bonds. The minimum atomic E-state index is -0.814. The fourth-order valence-corrected chi connectivity index (χ4v) is 2.72. The SMILES string of the molecule is NCC(=O)N1CCC[C@H](CCc2ccc(F)c(F)c2)C1. The Morgan fingerprint density at radius 3 is 2.85 bits per heavy atom. The molecule has 1 aromatic rings. The van der Waals surface area contributed by atoms with E-state index >= 15 is 0 Å². The molecule has 0 aromatic heterocycles. The fraction of sp³-hybridized carbons (Fsp3) is 0.533. The topological polar surface area (TPSA) is 46.3 Å². The number of halogens is 2. The van der Waals surface area contributed by atoms with Crippen LogP contribution >= 0.6 is 0 Å². The molecule has 1 atom stereocenters. The molecule has 1 aromatic carbocycles. The number of nitrogens with zero attached hydrogens (tertiary/aromatic N) is 1. The van der Waals surface area contributed by atoms with E-state index in [1.807, 2.05) is 0 Å². The van der Waals surface area contributed by atoms with E-state index < -0.39 is 11.6 Å². The second-order valence-corrected chi connectivity index (χ2v) is 5.34. The highest BCUT2D eigenvalue weighted by atomic mass is 19.2. The summed E-state index contributed by atoms with van der Waals surface area (Å²) in [6.07, 6.45) is 3.62. The predicted octanol–water partition coefficient (Wildman–Crippen LogP) is 2.09. The first kappa shape index (κ1) is 14.9. The predicted molar refractivity (Wildman–Crippen MR) is 73.0 cm³/mol. The van der Waals surface area contributed by atoms with Crippen molar-refractivity contribution in [1.29, 1.82) is 0 Å². The van der Waals surface area contributed by atoms with Gasteiger partial charge in [0.15, 0.2) is 11.6 Å². The Hall–Kier alpha value is -1.49. The minimum absolute atomic E-state index is 0.0115. The Morgan fingerprint density at radius 1 is 1.35 bits per heavy atom. The van der Waals surface area contributed by atoms with E-state index in [0.29, 0.717) is 12.3 Å². The molecule has 1 fully saturated rings. The van der Waals surface area contributed by atoms with Gasteiger partial charge in [0.25, 0.3) is 0 Å². The van der Waals surface area contributed by atoms with E-state index in [0.717, 1.165) is 44.0 Å². The van der Waals surface area contributed by atoms with Crippen LogP contribution in [0.15, 0.2) is 18.2 Å². The zero-order chi connectivity index (χ0) is 14.5. The van der Waals surface area contributed by atoms with Crippen LogP contribution in [-0.4, -0.2) is 30.4 Å². The maximum absolute atomic E-state index is 13.1. The van der Waals surface area contributed by atoms with Gasteiger partial charge in [0.05, 0.1) is 6.54 Å². The molecule has 1 heterocycles. The molecular weight excluding hydrogens is 262 g/mol. The molecule has 0 aliphatic carbocycles. The van der Waals surface area contributed by atoms with E-state index in [2.05, 4.69) is 0 Å². The fourth-order valence-electron chi connectivity index (χ4n) is 2.72. The molecule has 0 bridgehead atoms. The van der Waals surface area contributed by atoms with Gasteiger partial charge in [-0.1, -0.05) is 6.07 Å². The number of likely N-dealkylation sites (tertiary alicyclic amines) is 1. The molecule has 1 aliphatic heterocycles. The van der Waals surface area contributed by atoms with Gasteiger partial charge in [-0.05, 0) is 49.3 Å². The second kappa shape index (κ2) is 6.79. The number of piperidine rings is 1. The first-order chi connectivity index (χ1) is 9.60. The number of amides is 1. The van der Waals surface area contributed by atoms with Crippen molar-refractivity contribution in [3.8, 4) is 0 Å². The quantitative estimate of drug-likeness (QED) is 0.919. The molecule has 0 radical (unpaired) electrons. The average molecular weight is 282 g/mol. The highest BCUT2D eigenvalue weighted by Gasteiger charge is 2.22. The van der Waals surface area contributed by atoms with E-state index in [4.69, 9.17) is 5.73 Å². The monoisotopic (exact) mass is 282 g/mol. The van der Waals surface area contributed by atoms with Crippen molar-refractivity contribution in [2.45, 2.75) is 25.7 Å². The van der Waals surface area contributed by atoms with Crippen LogP contribution in [0, 0.1) is 17.6 Å². The first-order valence-corrected chi connectivity index (χ1v) is 7.02. The smallest absolute Gasteiger partial charge is 0.236 e. The van der Waals surface area contributed by atoms with Crippen LogP contribution in [0.5, 0.6) is 0 Å². The van der Waals surface area contributed by atoms with Crippen LogP contribution in [0.1, 0.15) is 24.8 Å². The number of nitrogens with two attached hydrogens (primary N) is 1. The van der Waals surface area contributed by atoms with Crippen molar-refractivity contribution in [1.82, 2.24) is 4.90 Å². The van der Waals surface area contributed by atoms with E-state index in [1.54, 1.807) is 11.0 Å². The third-order valence-corrected chi connectivity index (χ3v) is 3.87. The molecule has 20 heavy (non-hydrogen) atoms. The van der Waals surface area contributed by atoms with Gasteiger partial charge in [-0.25, -0.2) is 8.78 Å². The van der Waals surface area contributed by atoms with Gasteiger partial charge in [0.1, 0.15) is 0 Å². The number of carbonyl (C=O) groups excluding carboxylic acids is 1. The Balaban J connectivity index is 1.87.